The molecule has 0 radical (unpaired) electrons. The second-order valence-corrected chi connectivity index (χ2v) is 8.34. The van der Waals surface area contributed by atoms with Gasteiger partial charge in [0.05, 0.1) is 18.2 Å². The Labute approximate surface area is 144 Å². The van der Waals surface area contributed by atoms with Crippen molar-refractivity contribution in [3.63, 3.8) is 0 Å². The zero-order chi connectivity index (χ0) is 16.9. The molecule has 0 spiro atoms. The van der Waals surface area contributed by atoms with E-state index in [0.29, 0.717) is 11.8 Å². The van der Waals surface area contributed by atoms with E-state index < -0.39 is 5.60 Å². The molecule has 130 valence electrons. The van der Waals surface area contributed by atoms with Crippen molar-refractivity contribution in [2.24, 2.45) is 11.8 Å². The van der Waals surface area contributed by atoms with Gasteiger partial charge in [-0.15, -0.1) is 0 Å². The van der Waals surface area contributed by atoms with Crippen LogP contribution in [0, 0.1) is 11.8 Å². The second kappa shape index (κ2) is 5.76. The van der Waals surface area contributed by atoms with Crippen molar-refractivity contribution in [1.29, 1.82) is 0 Å². The van der Waals surface area contributed by atoms with Gasteiger partial charge in [0, 0.05) is 5.92 Å². The van der Waals surface area contributed by atoms with Gasteiger partial charge >= 0.3 is 5.97 Å². The SMILES string of the molecule is CC(C)(C)OC(=O)C1CC2C3C=CC=CC3OC2C2CCC=CN12. The van der Waals surface area contributed by atoms with Crippen molar-refractivity contribution in [1.82, 2.24) is 4.90 Å². The number of hydrogen-bond acceptors (Lipinski definition) is 4. The number of carbonyl (C=O) groups is 1. The minimum Gasteiger partial charge on any atom is -0.458 e. The lowest BCUT2D eigenvalue weighted by Crippen LogP contribution is -2.58. The lowest BCUT2D eigenvalue weighted by Gasteiger charge is -2.48. The fourth-order valence-corrected chi connectivity index (χ4v) is 4.65. The van der Waals surface area contributed by atoms with Gasteiger partial charge in [0.2, 0.25) is 0 Å². The first-order valence-corrected chi connectivity index (χ1v) is 9.11. The Balaban J connectivity index is 1.62. The lowest BCUT2D eigenvalue weighted by atomic mass is 9.74. The van der Waals surface area contributed by atoms with E-state index in [1.54, 1.807) is 0 Å². The molecule has 0 aromatic carbocycles. The average Bonchev–Trinajstić information content (AvgIpc) is 2.91. The first-order chi connectivity index (χ1) is 11.4. The molecule has 0 aromatic heterocycles. The molecule has 0 N–H and O–H groups in total. The summed E-state index contributed by atoms with van der Waals surface area (Å²) in [6.45, 7) is 5.80. The van der Waals surface area contributed by atoms with Gasteiger partial charge in [-0.1, -0.05) is 30.4 Å². The van der Waals surface area contributed by atoms with Gasteiger partial charge in [-0.2, -0.15) is 0 Å². The van der Waals surface area contributed by atoms with Crippen LogP contribution in [-0.2, 0) is 14.3 Å². The van der Waals surface area contributed by atoms with Crippen LogP contribution < -0.4 is 0 Å². The molecule has 6 unspecified atom stereocenters. The molecule has 24 heavy (non-hydrogen) atoms. The highest BCUT2D eigenvalue weighted by molar-refractivity contribution is 5.76. The van der Waals surface area contributed by atoms with Crippen LogP contribution >= 0.6 is 0 Å². The van der Waals surface area contributed by atoms with Crippen molar-refractivity contribution in [2.75, 3.05) is 0 Å². The Morgan fingerprint density at radius 3 is 2.83 bits per heavy atom. The summed E-state index contributed by atoms with van der Waals surface area (Å²) in [5, 5.41) is 0. The van der Waals surface area contributed by atoms with Gasteiger partial charge < -0.3 is 14.4 Å². The molecule has 1 aliphatic carbocycles. The molecule has 3 aliphatic heterocycles. The fourth-order valence-electron chi connectivity index (χ4n) is 4.65. The summed E-state index contributed by atoms with van der Waals surface area (Å²) in [5.41, 5.74) is -0.453. The number of fused-ring (bicyclic) bond motifs is 5. The molecule has 0 bridgehead atoms. The topological polar surface area (TPSA) is 38.8 Å². The average molecular weight is 329 g/mol. The van der Waals surface area contributed by atoms with Crippen LogP contribution in [0.4, 0.5) is 0 Å². The summed E-state index contributed by atoms with van der Waals surface area (Å²) < 4.78 is 12.1. The van der Waals surface area contributed by atoms with E-state index in [2.05, 4.69) is 41.5 Å². The van der Waals surface area contributed by atoms with E-state index in [4.69, 9.17) is 9.47 Å². The molecule has 0 amide bonds. The first-order valence-electron chi connectivity index (χ1n) is 9.11. The number of nitrogens with zero attached hydrogens (tertiary/aromatic N) is 1. The highest BCUT2D eigenvalue weighted by Crippen LogP contribution is 2.47. The normalized spacial score (nSPS) is 40.0. The van der Waals surface area contributed by atoms with Crippen LogP contribution in [0.2, 0.25) is 0 Å². The van der Waals surface area contributed by atoms with E-state index in [9.17, 15) is 4.79 Å². The summed E-state index contributed by atoms with van der Waals surface area (Å²) in [6, 6.07) is 0.0762. The molecule has 0 aromatic rings. The number of esters is 1. The third-order valence-corrected chi connectivity index (χ3v) is 5.56. The first kappa shape index (κ1) is 15.9. The minimum absolute atomic E-state index is 0.101. The van der Waals surface area contributed by atoms with Crippen molar-refractivity contribution in [2.45, 2.75) is 69.9 Å². The summed E-state index contributed by atoms with van der Waals surface area (Å²) in [6.07, 6.45) is 16.1. The van der Waals surface area contributed by atoms with Crippen molar-refractivity contribution in [3.05, 3.63) is 36.6 Å². The fraction of sp³-hybridized carbons (Fsp3) is 0.650. The molecule has 2 saturated heterocycles. The molecular weight excluding hydrogens is 302 g/mol. The molecule has 4 nitrogen and oxygen atoms in total. The Morgan fingerprint density at radius 1 is 1.25 bits per heavy atom. The van der Waals surface area contributed by atoms with Crippen molar-refractivity contribution in [3.8, 4) is 0 Å². The van der Waals surface area contributed by atoms with Gasteiger partial charge in [-0.3, -0.25) is 0 Å². The van der Waals surface area contributed by atoms with Crippen LogP contribution in [-0.4, -0.2) is 40.8 Å². The van der Waals surface area contributed by atoms with Gasteiger partial charge in [-0.05, 0) is 52.2 Å². The predicted octanol–water partition coefficient (Wildman–Crippen LogP) is 3.20. The molecular formula is C20H27NO3. The summed E-state index contributed by atoms with van der Waals surface area (Å²) in [7, 11) is 0. The Kier molecular flexibility index (Phi) is 3.83. The van der Waals surface area contributed by atoms with Crippen LogP contribution in [0.5, 0.6) is 0 Å². The van der Waals surface area contributed by atoms with E-state index in [1.807, 2.05) is 20.8 Å². The third kappa shape index (κ3) is 2.71. The standard InChI is InChI=1S/C20H27NO3/c1-20(2,3)24-19(22)16-12-14-13-8-4-5-10-17(13)23-18(14)15-9-6-7-11-21(15)16/h4-5,7-8,10-11,13-18H,6,9,12H2,1-3H3. The quantitative estimate of drug-likeness (QED) is 0.693. The van der Waals surface area contributed by atoms with Gasteiger partial charge in [-0.25, -0.2) is 4.79 Å². The highest BCUT2D eigenvalue weighted by Gasteiger charge is 2.54. The maximum atomic E-state index is 12.8. The maximum Gasteiger partial charge on any atom is 0.329 e. The predicted molar refractivity (Wildman–Crippen MR) is 92.2 cm³/mol. The third-order valence-electron chi connectivity index (χ3n) is 5.56. The lowest BCUT2D eigenvalue weighted by molar-refractivity contribution is -0.166. The molecule has 2 fully saturated rings. The molecule has 0 saturated carbocycles. The largest absolute Gasteiger partial charge is 0.458 e. The zero-order valence-electron chi connectivity index (χ0n) is 14.7. The van der Waals surface area contributed by atoms with Crippen LogP contribution in [0.15, 0.2) is 36.6 Å². The molecule has 4 aliphatic rings. The van der Waals surface area contributed by atoms with Gasteiger partial charge in [0.15, 0.2) is 0 Å². The Bertz CT molecular complexity index is 600. The summed E-state index contributed by atoms with van der Waals surface area (Å²) in [4.78, 5) is 15.1. The Hall–Kier alpha value is -1.55. The van der Waals surface area contributed by atoms with Crippen molar-refractivity contribution < 1.29 is 14.3 Å². The number of rotatable bonds is 1. The number of hydrogen-bond donors (Lipinski definition) is 0. The zero-order valence-corrected chi connectivity index (χ0v) is 14.7. The van der Waals surface area contributed by atoms with Gasteiger partial charge in [0.25, 0.3) is 0 Å². The second-order valence-electron chi connectivity index (χ2n) is 8.34. The number of piperidine rings is 1. The Morgan fingerprint density at radius 2 is 2.04 bits per heavy atom. The number of allylic oxidation sites excluding steroid dienone is 3. The van der Waals surface area contributed by atoms with E-state index in [-0.39, 0.29) is 30.3 Å². The van der Waals surface area contributed by atoms with E-state index >= 15 is 0 Å². The van der Waals surface area contributed by atoms with Crippen LogP contribution in [0.25, 0.3) is 0 Å². The monoisotopic (exact) mass is 329 g/mol. The van der Waals surface area contributed by atoms with Crippen LogP contribution in [0.3, 0.4) is 0 Å². The minimum atomic E-state index is -0.453. The smallest absolute Gasteiger partial charge is 0.329 e. The van der Waals surface area contributed by atoms with E-state index in [1.165, 1.54) is 0 Å². The maximum absolute atomic E-state index is 12.8. The number of ether oxygens (including phenoxy) is 2. The number of carbonyl (C=O) groups excluding carboxylic acids is 1. The van der Waals surface area contributed by atoms with Crippen molar-refractivity contribution >= 4 is 5.97 Å². The molecule has 6 atom stereocenters. The summed E-state index contributed by atoms with van der Waals surface area (Å²) in [5.74, 6) is 0.677. The molecule has 4 heteroatoms. The molecule has 3 heterocycles. The van der Waals surface area contributed by atoms with E-state index in [0.717, 1.165) is 19.3 Å². The van der Waals surface area contributed by atoms with Crippen LogP contribution in [0.1, 0.15) is 40.0 Å². The highest BCUT2D eigenvalue weighted by atomic mass is 16.6. The van der Waals surface area contributed by atoms with Gasteiger partial charge in [0.1, 0.15) is 11.6 Å². The molecule has 4 rings (SSSR count). The summed E-state index contributed by atoms with van der Waals surface area (Å²) >= 11 is 0.